The van der Waals surface area contributed by atoms with Crippen molar-refractivity contribution in [2.24, 2.45) is 5.92 Å². The van der Waals surface area contributed by atoms with E-state index in [0.29, 0.717) is 0 Å². The van der Waals surface area contributed by atoms with Gasteiger partial charge in [0.15, 0.2) is 0 Å². The van der Waals surface area contributed by atoms with Crippen molar-refractivity contribution in [2.75, 3.05) is 0 Å². The maximum atomic E-state index is 10.6. The lowest BCUT2D eigenvalue weighted by molar-refractivity contribution is -0.0194. The van der Waals surface area contributed by atoms with E-state index in [0.717, 1.165) is 25.2 Å². The molecule has 0 amide bonds. The third-order valence-electron chi connectivity index (χ3n) is 4.98. The van der Waals surface area contributed by atoms with E-state index in [4.69, 9.17) is 0 Å². The minimum Gasteiger partial charge on any atom is -0.390 e. The van der Waals surface area contributed by atoms with Crippen molar-refractivity contribution in [1.29, 1.82) is 0 Å². The molecule has 1 fully saturated rings. The molecule has 19 heavy (non-hydrogen) atoms. The summed E-state index contributed by atoms with van der Waals surface area (Å²) >= 11 is 0. The van der Waals surface area contributed by atoms with Crippen molar-refractivity contribution in [1.82, 2.24) is 0 Å². The molecule has 0 radical (unpaired) electrons. The van der Waals surface area contributed by atoms with Gasteiger partial charge in [0.05, 0.1) is 5.60 Å². The topological polar surface area (TPSA) is 20.2 Å². The van der Waals surface area contributed by atoms with Crippen molar-refractivity contribution >= 4 is 0 Å². The van der Waals surface area contributed by atoms with E-state index in [-0.39, 0.29) is 5.60 Å². The molecule has 0 aromatic heterocycles. The van der Waals surface area contributed by atoms with E-state index in [9.17, 15) is 5.11 Å². The van der Waals surface area contributed by atoms with Crippen molar-refractivity contribution in [3.63, 3.8) is 0 Å². The maximum Gasteiger partial charge on any atom is 0.0648 e. The lowest BCUT2D eigenvalue weighted by Crippen LogP contribution is -2.33. The van der Waals surface area contributed by atoms with Gasteiger partial charge in [0.1, 0.15) is 0 Å². The van der Waals surface area contributed by atoms with Crippen LogP contribution in [0.3, 0.4) is 0 Å². The Labute approximate surface area is 121 Å². The monoisotopic (exact) mass is 268 g/mol. The average molecular weight is 268 g/mol. The summed E-state index contributed by atoms with van der Waals surface area (Å²) < 4.78 is 0. The van der Waals surface area contributed by atoms with Crippen LogP contribution >= 0.6 is 0 Å². The molecule has 0 unspecified atom stereocenters. The summed E-state index contributed by atoms with van der Waals surface area (Å²) in [4.78, 5) is 0. The van der Waals surface area contributed by atoms with E-state index < -0.39 is 0 Å². The molecule has 0 aliphatic heterocycles. The second-order valence-electron chi connectivity index (χ2n) is 6.83. The summed E-state index contributed by atoms with van der Waals surface area (Å²) in [5, 5.41) is 10.6. The fourth-order valence-corrected chi connectivity index (χ4v) is 3.57. The number of rotatable bonds is 10. The van der Waals surface area contributed by atoms with E-state index >= 15 is 0 Å². The summed E-state index contributed by atoms with van der Waals surface area (Å²) in [7, 11) is 0. The molecule has 1 rings (SSSR count). The van der Waals surface area contributed by atoms with Crippen LogP contribution in [0.4, 0.5) is 0 Å². The van der Waals surface area contributed by atoms with Crippen LogP contribution in [0.15, 0.2) is 0 Å². The van der Waals surface area contributed by atoms with Crippen LogP contribution in [0.5, 0.6) is 0 Å². The zero-order chi connectivity index (χ0) is 14.0. The Morgan fingerprint density at radius 1 is 0.842 bits per heavy atom. The van der Waals surface area contributed by atoms with Crippen LogP contribution < -0.4 is 0 Å². The first-order valence-electron chi connectivity index (χ1n) is 8.92. The van der Waals surface area contributed by atoms with Gasteiger partial charge in [0.25, 0.3) is 0 Å². The predicted molar refractivity (Wildman–Crippen MR) is 84.4 cm³/mol. The lowest BCUT2D eigenvalue weighted by atomic mass is 9.75. The van der Waals surface area contributed by atoms with Gasteiger partial charge in [-0.1, -0.05) is 71.6 Å². The minimum absolute atomic E-state index is 0.298. The Morgan fingerprint density at radius 3 is 2.00 bits per heavy atom. The smallest absolute Gasteiger partial charge is 0.0648 e. The van der Waals surface area contributed by atoms with Crippen molar-refractivity contribution < 1.29 is 5.11 Å². The predicted octanol–water partition coefficient (Wildman–Crippen LogP) is 5.85. The van der Waals surface area contributed by atoms with Crippen LogP contribution in [0, 0.1) is 5.92 Å². The van der Waals surface area contributed by atoms with Gasteiger partial charge in [-0.15, -0.1) is 0 Å². The molecule has 0 spiro atoms. The highest BCUT2D eigenvalue weighted by atomic mass is 16.3. The van der Waals surface area contributed by atoms with Crippen molar-refractivity contribution in [3.8, 4) is 0 Å². The molecule has 114 valence electrons. The van der Waals surface area contributed by atoms with E-state index in [2.05, 4.69) is 13.8 Å². The first kappa shape index (κ1) is 17.0. The number of aliphatic hydroxyl groups is 1. The molecule has 1 nitrogen and oxygen atoms in total. The van der Waals surface area contributed by atoms with Gasteiger partial charge in [-0.2, -0.15) is 0 Å². The lowest BCUT2D eigenvalue weighted by Gasteiger charge is -2.36. The molecule has 0 atom stereocenters. The van der Waals surface area contributed by atoms with Gasteiger partial charge in [-0.3, -0.25) is 0 Å². The Bertz CT molecular complexity index is 204. The first-order valence-corrected chi connectivity index (χ1v) is 8.92. The molecule has 1 aliphatic carbocycles. The molecule has 1 heteroatoms. The third kappa shape index (κ3) is 7.34. The molecule has 0 heterocycles. The van der Waals surface area contributed by atoms with E-state index in [1.54, 1.807) is 0 Å². The van der Waals surface area contributed by atoms with Crippen LogP contribution in [-0.2, 0) is 0 Å². The van der Waals surface area contributed by atoms with E-state index in [1.807, 2.05) is 0 Å². The number of hydrogen-bond donors (Lipinski definition) is 1. The maximum absolute atomic E-state index is 10.6. The largest absolute Gasteiger partial charge is 0.390 e. The standard InChI is InChI=1S/C18H36O/c1-3-5-6-7-8-9-10-14-18(19)15-12-17(11-4-2)13-16-18/h17,19H,3-16H2,1-2H3. The van der Waals surface area contributed by atoms with Gasteiger partial charge < -0.3 is 5.11 Å². The summed E-state index contributed by atoms with van der Waals surface area (Å²) in [5.41, 5.74) is -0.298. The summed E-state index contributed by atoms with van der Waals surface area (Å²) in [6.07, 6.45) is 17.8. The van der Waals surface area contributed by atoms with Crippen molar-refractivity contribution in [3.05, 3.63) is 0 Å². The van der Waals surface area contributed by atoms with Crippen LogP contribution in [0.1, 0.15) is 104 Å². The van der Waals surface area contributed by atoms with Gasteiger partial charge in [-0.05, 0) is 38.0 Å². The van der Waals surface area contributed by atoms with Gasteiger partial charge in [0, 0.05) is 0 Å². The molecule has 0 saturated heterocycles. The zero-order valence-electron chi connectivity index (χ0n) is 13.4. The molecule has 0 aromatic rings. The minimum atomic E-state index is -0.298. The van der Waals surface area contributed by atoms with E-state index in [1.165, 1.54) is 70.6 Å². The average Bonchev–Trinajstić information content (AvgIpc) is 2.41. The molecular formula is C18H36O. The van der Waals surface area contributed by atoms with Gasteiger partial charge in [-0.25, -0.2) is 0 Å². The van der Waals surface area contributed by atoms with Crippen molar-refractivity contribution in [2.45, 2.75) is 109 Å². The highest BCUT2D eigenvalue weighted by Gasteiger charge is 2.31. The highest BCUT2D eigenvalue weighted by molar-refractivity contribution is 4.85. The van der Waals surface area contributed by atoms with Crippen LogP contribution in [0.25, 0.3) is 0 Å². The van der Waals surface area contributed by atoms with Gasteiger partial charge >= 0.3 is 0 Å². The molecule has 1 aliphatic rings. The van der Waals surface area contributed by atoms with Gasteiger partial charge in [0.2, 0.25) is 0 Å². The quantitative estimate of drug-likeness (QED) is 0.493. The van der Waals surface area contributed by atoms with Crippen LogP contribution in [-0.4, -0.2) is 10.7 Å². The fraction of sp³-hybridized carbons (Fsp3) is 1.00. The molecule has 0 bridgehead atoms. The normalized spacial score (nSPS) is 27.6. The Kier molecular flexibility index (Phi) is 8.77. The zero-order valence-corrected chi connectivity index (χ0v) is 13.4. The molecular weight excluding hydrogens is 232 g/mol. The van der Waals surface area contributed by atoms with Crippen LogP contribution in [0.2, 0.25) is 0 Å². The molecule has 1 N–H and O–H groups in total. The third-order valence-corrected chi connectivity index (χ3v) is 4.98. The Balaban J connectivity index is 2.02. The molecule has 0 aromatic carbocycles. The Morgan fingerprint density at radius 2 is 1.42 bits per heavy atom. The number of unbranched alkanes of at least 4 members (excludes halogenated alkanes) is 6. The second kappa shape index (κ2) is 9.80. The molecule has 1 saturated carbocycles. The highest BCUT2D eigenvalue weighted by Crippen LogP contribution is 2.37. The number of hydrogen-bond acceptors (Lipinski definition) is 1. The summed E-state index contributed by atoms with van der Waals surface area (Å²) in [5.74, 6) is 0.902. The summed E-state index contributed by atoms with van der Waals surface area (Å²) in [6.45, 7) is 4.55. The second-order valence-corrected chi connectivity index (χ2v) is 6.83. The SMILES string of the molecule is CCCCCCCCCC1(O)CCC(CCC)CC1. The Hall–Kier alpha value is -0.0400. The fourth-order valence-electron chi connectivity index (χ4n) is 3.57. The first-order chi connectivity index (χ1) is 9.20. The summed E-state index contributed by atoms with van der Waals surface area (Å²) in [6, 6.07) is 0.